The Morgan fingerprint density at radius 1 is 1.24 bits per heavy atom. The molecule has 5 nitrogen and oxygen atoms in total. The molecule has 0 saturated heterocycles. The molecule has 116 valence electrons. The fourth-order valence-corrected chi connectivity index (χ4v) is 3.47. The molecule has 0 atom stereocenters. The Balaban J connectivity index is 2.03. The average Bonchev–Trinajstić information content (AvgIpc) is 2.55. The minimum atomic E-state index is -0.286. The maximum Gasteiger partial charge on any atom is 0.162 e. The molecule has 1 saturated carbocycles. The van der Waals surface area contributed by atoms with Crippen molar-refractivity contribution in [3.63, 3.8) is 0 Å². The van der Waals surface area contributed by atoms with E-state index in [2.05, 4.69) is 12.2 Å². The van der Waals surface area contributed by atoms with Crippen molar-refractivity contribution in [2.24, 2.45) is 0 Å². The van der Waals surface area contributed by atoms with E-state index in [0.29, 0.717) is 13.2 Å². The first-order valence-electron chi connectivity index (χ1n) is 8.09. The second kappa shape index (κ2) is 6.28. The molecule has 1 aromatic rings. The van der Waals surface area contributed by atoms with Gasteiger partial charge in [-0.15, -0.1) is 0 Å². The van der Waals surface area contributed by atoms with Gasteiger partial charge in [0.2, 0.25) is 0 Å². The van der Waals surface area contributed by atoms with Gasteiger partial charge in [-0.05, 0) is 19.8 Å². The minimum absolute atomic E-state index is 0.286. The van der Waals surface area contributed by atoms with Crippen LogP contribution in [0.15, 0.2) is 0 Å². The van der Waals surface area contributed by atoms with Crippen molar-refractivity contribution < 1.29 is 9.47 Å². The number of nitrogens with zero attached hydrogens (tertiary/aromatic N) is 2. The second-order valence-corrected chi connectivity index (χ2v) is 5.86. The van der Waals surface area contributed by atoms with Gasteiger partial charge in [0.25, 0.3) is 0 Å². The summed E-state index contributed by atoms with van der Waals surface area (Å²) in [5.74, 6) is 1.77. The van der Waals surface area contributed by atoms with Crippen molar-refractivity contribution in [1.29, 1.82) is 0 Å². The third-order valence-electron chi connectivity index (χ3n) is 4.55. The van der Waals surface area contributed by atoms with Gasteiger partial charge in [0.05, 0.1) is 18.9 Å². The van der Waals surface area contributed by atoms with Gasteiger partial charge in [-0.25, -0.2) is 9.97 Å². The molecule has 1 aromatic heterocycles. The molecule has 3 rings (SSSR count). The molecular formula is C16H25N3O2. The molecule has 0 bridgehead atoms. The summed E-state index contributed by atoms with van der Waals surface area (Å²) >= 11 is 0. The lowest BCUT2D eigenvalue weighted by molar-refractivity contribution is -0.0769. The Bertz CT molecular complexity index is 476. The Labute approximate surface area is 126 Å². The lowest BCUT2D eigenvalue weighted by atomic mass is 9.83. The van der Waals surface area contributed by atoms with Crippen molar-refractivity contribution in [1.82, 2.24) is 9.97 Å². The highest BCUT2D eigenvalue weighted by Gasteiger charge is 2.38. The van der Waals surface area contributed by atoms with Crippen molar-refractivity contribution in [3.8, 4) is 0 Å². The van der Waals surface area contributed by atoms with E-state index in [1.807, 2.05) is 7.05 Å². The predicted molar refractivity (Wildman–Crippen MR) is 81.3 cm³/mol. The molecule has 1 aliphatic carbocycles. The van der Waals surface area contributed by atoms with Crippen LogP contribution in [0.25, 0.3) is 0 Å². The monoisotopic (exact) mass is 291 g/mol. The normalized spacial score (nSPS) is 20.9. The van der Waals surface area contributed by atoms with Gasteiger partial charge >= 0.3 is 0 Å². The quantitative estimate of drug-likeness (QED) is 0.924. The molecular weight excluding hydrogens is 266 g/mol. The summed E-state index contributed by atoms with van der Waals surface area (Å²) in [5.41, 5.74) is 1.95. The van der Waals surface area contributed by atoms with E-state index in [0.717, 1.165) is 48.8 Å². The third-order valence-corrected chi connectivity index (χ3v) is 4.55. The Kier molecular flexibility index (Phi) is 4.40. The number of rotatable bonds is 4. The molecule has 2 heterocycles. The highest BCUT2D eigenvalue weighted by molar-refractivity contribution is 5.47. The number of aromatic nitrogens is 2. The number of fused-ring (bicyclic) bond motifs is 1. The van der Waals surface area contributed by atoms with Crippen LogP contribution in [0.2, 0.25) is 0 Å². The number of anilines is 1. The summed E-state index contributed by atoms with van der Waals surface area (Å²) in [5, 5.41) is 3.21. The second-order valence-electron chi connectivity index (χ2n) is 5.86. The summed E-state index contributed by atoms with van der Waals surface area (Å²) < 4.78 is 11.7. The van der Waals surface area contributed by atoms with Crippen LogP contribution in [0.4, 0.5) is 5.82 Å². The highest BCUT2D eigenvalue weighted by Crippen LogP contribution is 2.40. The molecule has 1 aliphatic heterocycles. The average molecular weight is 291 g/mol. The van der Waals surface area contributed by atoms with Crippen molar-refractivity contribution in [2.45, 2.75) is 57.7 Å². The first-order chi connectivity index (χ1) is 10.3. The van der Waals surface area contributed by atoms with Gasteiger partial charge in [0.1, 0.15) is 11.4 Å². The van der Waals surface area contributed by atoms with Gasteiger partial charge in [-0.2, -0.15) is 0 Å². The zero-order valence-corrected chi connectivity index (χ0v) is 13.1. The molecule has 0 unspecified atom stereocenters. The summed E-state index contributed by atoms with van der Waals surface area (Å²) in [6.45, 7) is 4.11. The maximum atomic E-state index is 6.16. The van der Waals surface area contributed by atoms with Gasteiger partial charge in [-0.1, -0.05) is 19.3 Å². The van der Waals surface area contributed by atoms with E-state index < -0.39 is 0 Å². The molecule has 2 aliphatic rings. The van der Waals surface area contributed by atoms with Crippen LogP contribution < -0.4 is 5.32 Å². The standard InChI is InChI=1S/C16H25N3O2/c1-3-21-16(8-5-4-6-9-16)15-18-13-7-10-20-11-12(13)14(17-2)19-15/h3-11H2,1-2H3,(H,17,18,19). The fourth-order valence-electron chi connectivity index (χ4n) is 3.47. The molecule has 0 radical (unpaired) electrons. The topological polar surface area (TPSA) is 56.3 Å². The first-order valence-corrected chi connectivity index (χ1v) is 8.09. The van der Waals surface area contributed by atoms with Crippen LogP contribution in [0, 0.1) is 0 Å². The summed E-state index contributed by atoms with van der Waals surface area (Å²) in [4.78, 5) is 9.67. The number of hydrogen-bond donors (Lipinski definition) is 1. The zero-order valence-electron chi connectivity index (χ0n) is 13.1. The van der Waals surface area contributed by atoms with Crippen LogP contribution in [-0.2, 0) is 28.1 Å². The molecule has 5 heteroatoms. The Morgan fingerprint density at radius 3 is 2.76 bits per heavy atom. The summed E-state index contributed by atoms with van der Waals surface area (Å²) in [7, 11) is 1.91. The molecule has 1 fully saturated rings. The number of ether oxygens (including phenoxy) is 2. The molecule has 1 N–H and O–H groups in total. The maximum absolute atomic E-state index is 6.16. The molecule has 0 spiro atoms. The van der Waals surface area contributed by atoms with E-state index in [1.165, 1.54) is 19.3 Å². The van der Waals surface area contributed by atoms with Crippen LogP contribution in [0.3, 0.4) is 0 Å². The summed E-state index contributed by atoms with van der Waals surface area (Å²) in [6.07, 6.45) is 6.59. The van der Waals surface area contributed by atoms with E-state index in [9.17, 15) is 0 Å². The van der Waals surface area contributed by atoms with Crippen molar-refractivity contribution in [3.05, 3.63) is 17.1 Å². The first kappa shape index (κ1) is 14.7. The fraction of sp³-hybridized carbons (Fsp3) is 0.750. The van der Waals surface area contributed by atoms with Crippen molar-refractivity contribution in [2.75, 3.05) is 25.6 Å². The Morgan fingerprint density at radius 2 is 2.05 bits per heavy atom. The van der Waals surface area contributed by atoms with Gasteiger partial charge in [-0.3, -0.25) is 0 Å². The van der Waals surface area contributed by atoms with Crippen LogP contribution in [-0.4, -0.2) is 30.2 Å². The lowest BCUT2D eigenvalue weighted by Gasteiger charge is -2.36. The van der Waals surface area contributed by atoms with Crippen LogP contribution in [0.1, 0.15) is 56.1 Å². The third kappa shape index (κ3) is 2.77. The highest BCUT2D eigenvalue weighted by atomic mass is 16.5. The van der Waals surface area contributed by atoms with E-state index in [-0.39, 0.29) is 5.60 Å². The molecule has 0 amide bonds. The lowest BCUT2D eigenvalue weighted by Crippen LogP contribution is -2.35. The Hall–Kier alpha value is -1.20. The van der Waals surface area contributed by atoms with E-state index >= 15 is 0 Å². The number of nitrogens with one attached hydrogen (secondary N) is 1. The van der Waals surface area contributed by atoms with Crippen LogP contribution >= 0.6 is 0 Å². The SMILES string of the molecule is CCOC1(c2nc3c(c(NC)n2)COCC3)CCCCC1. The van der Waals surface area contributed by atoms with Crippen molar-refractivity contribution >= 4 is 5.82 Å². The van der Waals surface area contributed by atoms with Gasteiger partial charge < -0.3 is 14.8 Å². The van der Waals surface area contributed by atoms with Crippen LogP contribution in [0.5, 0.6) is 0 Å². The zero-order chi connectivity index (χ0) is 14.7. The van der Waals surface area contributed by atoms with Gasteiger partial charge in [0, 0.05) is 25.6 Å². The van der Waals surface area contributed by atoms with E-state index in [4.69, 9.17) is 19.4 Å². The molecule has 21 heavy (non-hydrogen) atoms. The summed E-state index contributed by atoms with van der Waals surface area (Å²) in [6, 6.07) is 0. The van der Waals surface area contributed by atoms with Gasteiger partial charge in [0.15, 0.2) is 5.82 Å². The number of hydrogen-bond acceptors (Lipinski definition) is 5. The largest absolute Gasteiger partial charge is 0.376 e. The molecule has 0 aromatic carbocycles. The van der Waals surface area contributed by atoms with E-state index in [1.54, 1.807) is 0 Å². The predicted octanol–water partition coefficient (Wildman–Crippen LogP) is 2.79. The smallest absolute Gasteiger partial charge is 0.162 e. The minimum Gasteiger partial charge on any atom is -0.376 e.